The van der Waals surface area contributed by atoms with Crippen LogP contribution in [0.3, 0.4) is 0 Å². The monoisotopic (exact) mass is 495 g/mol. The summed E-state index contributed by atoms with van der Waals surface area (Å²) in [7, 11) is -3.43. The van der Waals surface area contributed by atoms with Crippen LogP contribution in [0.5, 0.6) is 0 Å². The lowest BCUT2D eigenvalue weighted by molar-refractivity contribution is -0.192. The first-order chi connectivity index (χ1) is 15.3. The van der Waals surface area contributed by atoms with Gasteiger partial charge in [0.05, 0.1) is 23.7 Å². The van der Waals surface area contributed by atoms with E-state index in [1.165, 1.54) is 6.20 Å². The molecule has 3 heterocycles. The Morgan fingerprint density at radius 1 is 1.18 bits per heavy atom. The number of carbonyl (C=O) groups excluding carboxylic acids is 1. The first kappa shape index (κ1) is 26.6. The van der Waals surface area contributed by atoms with Crippen LogP contribution in [0.1, 0.15) is 30.1 Å². The quantitative estimate of drug-likeness (QED) is 0.571. The van der Waals surface area contributed by atoms with Crippen LogP contribution in [-0.2, 0) is 14.8 Å². The Morgan fingerprint density at radius 2 is 1.73 bits per heavy atom. The molecule has 2 fully saturated rings. The summed E-state index contributed by atoms with van der Waals surface area (Å²) in [4.78, 5) is 30.4. The standard InChI is InChI=1S/C17H27N5O3S.C2HF3O2/c1-13-3-7-22(8-4-13)17(23)15-11-14(20-26(2,24)25)12-19-16(15)21-9-5-18-6-10-21;3-2(4,5)1(6)7/h11-13,18,20H,3-10H2,1-2H3;(H,6,7). The van der Waals surface area contributed by atoms with Crippen molar-refractivity contribution in [3.8, 4) is 0 Å². The van der Waals surface area contributed by atoms with Crippen LogP contribution in [0.2, 0.25) is 0 Å². The number of halogens is 3. The number of hydrogen-bond acceptors (Lipinski definition) is 7. The molecule has 10 nitrogen and oxygen atoms in total. The number of carboxylic acid groups (broad SMARTS) is 1. The SMILES string of the molecule is CC1CCN(C(=O)c2cc(NS(C)(=O)=O)cnc2N2CCNCC2)CC1.O=C(O)C(F)(F)F. The maximum absolute atomic E-state index is 13.2. The molecule has 33 heavy (non-hydrogen) atoms. The summed E-state index contributed by atoms with van der Waals surface area (Å²) >= 11 is 0. The van der Waals surface area contributed by atoms with Gasteiger partial charge in [-0.1, -0.05) is 6.92 Å². The van der Waals surface area contributed by atoms with E-state index in [4.69, 9.17) is 9.90 Å². The summed E-state index contributed by atoms with van der Waals surface area (Å²) < 4.78 is 57.3. The molecule has 0 saturated carbocycles. The van der Waals surface area contributed by atoms with Gasteiger partial charge in [-0.15, -0.1) is 0 Å². The number of anilines is 2. The minimum Gasteiger partial charge on any atom is -0.475 e. The van der Waals surface area contributed by atoms with Crippen molar-refractivity contribution in [2.24, 2.45) is 5.92 Å². The Hall–Kier alpha value is -2.61. The predicted octanol–water partition coefficient (Wildman–Crippen LogP) is 1.37. The Morgan fingerprint density at radius 3 is 2.21 bits per heavy atom. The Bertz CT molecular complexity index is 944. The Kier molecular flexibility index (Phi) is 8.89. The number of likely N-dealkylation sites (tertiary alicyclic amines) is 1. The molecule has 2 aliphatic heterocycles. The van der Waals surface area contributed by atoms with Crippen LogP contribution in [0, 0.1) is 5.92 Å². The van der Waals surface area contributed by atoms with Gasteiger partial charge in [0.25, 0.3) is 5.91 Å². The number of carbonyl (C=O) groups is 2. The molecule has 0 unspecified atom stereocenters. The van der Waals surface area contributed by atoms with E-state index in [1.807, 2.05) is 4.90 Å². The largest absolute Gasteiger partial charge is 0.490 e. The number of aliphatic carboxylic acids is 1. The van der Waals surface area contributed by atoms with E-state index >= 15 is 0 Å². The number of pyridine rings is 1. The van der Waals surface area contributed by atoms with Crippen molar-refractivity contribution < 1.29 is 36.3 Å². The highest BCUT2D eigenvalue weighted by molar-refractivity contribution is 7.92. The third kappa shape index (κ3) is 8.35. The second-order valence-corrected chi connectivity index (χ2v) is 9.73. The number of rotatable bonds is 4. The van der Waals surface area contributed by atoms with Gasteiger partial charge in [0.15, 0.2) is 0 Å². The molecule has 2 saturated heterocycles. The van der Waals surface area contributed by atoms with Crippen LogP contribution in [0.15, 0.2) is 12.3 Å². The third-order valence-corrected chi connectivity index (χ3v) is 5.74. The van der Waals surface area contributed by atoms with Crippen LogP contribution in [-0.4, -0.2) is 87.0 Å². The molecular weight excluding hydrogens is 467 g/mol. The van der Waals surface area contributed by atoms with Gasteiger partial charge < -0.3 is 20.2 Å². The fourth-order valence-corrected chi connectivity index (χ4v) is 3.94. The second-order valence-electron chi connectivity index (χ2n) is 7.98. The highest BCUT2D eigenvalue weighted by atomic mass is 32.2. The van der Waals surface area contributed by atoms with Crippen molar-refractivity contribution in [3.63, 3.8) is 0 Å². The van der Waals surface area contributed by atoms with Gasteiger partial charge in [-0.3, -0.25) is 9.52 Å². The Labute approximate surface area is 190 Å². The van der Waals surface area contributed by atoms with Crippen molar-refractivity contribution >= 4 is 33.4 Å². The highest BCUT2D eigenvalue weighted by Crippen LogP contribution is 2.26. The van der Waals surface area contributed by atoms with E-state index in [0.29, 0.717) is 23.0 Å². The lowest BCUT2D eigenvalue weighted by atomic mass is 9.98. The molecule has 0 aliphatic carbocycles. The molecule has 0 atom stereocenters. The molecule has 1 amide bonds. The number of aromatic nitrogens is 1. The number of piperidine rings is 1. The normalized spacial score (nSPS) is 17.7. The topological polar surface area (TPSA) is 132 Å². The van der Waals surface area contributed by atoms with Gasteiger partial charge >= 0.3 is 12.1 Å². The number of nitrogens with one attached hydrogen (secondary N) is 2. The lowest BCUT2D eigenvalue weighted by Crippen LogP contribution is -2.45. The third-order valence-electron chi connectivity index (χ3n) is 5.13. The van der Waals surface area contributed by atoms with E-state index in [2.05, 4.69) is 26.8 Å². The lowest BCUT2D eigenvalue weighted by Gasteiger charge is -2.33. The molecule has 14 heteroatoms. The molecule has 3 N–H and O–H groups in total. The summed E-state index contributed by atoms with van der Waals surface area (Å²) in [5, 5.41) is 10.4. The first-order valence-corrected chi connectivity index (χ1v) is 12.2. The summed E-state index contributed by atoms with van der Waals surface area (Å²) in [6, 6.07) is 1.62. The molecule has 1 aromatic heterocycles. The number of amides is 1. The van der Waals surface area contributed by atoms with E-state index in [1.54, 1.807) is 6.07 Å². The van der Waals surface area contributed by atoms with E-state index in [-0.39, 0.29) is 5.91 Å². The molecule has 0 spiro atoms. The number of nitrogens with zero attached hydrogens (tertiary/aromatic N) is 3. The molecular formula is C19H28F3N5O5S. The maximum atomic E-state index is 13.2. The maximum Gasteiger partial charge on any atom is 0.490 e. The number of hydrogen-bond donors (Lipinski definition) is 3. The van der Waals surface area contributed by atoms with Crippen molar-refractivity contribution in [2.75, 3.05) is 55.1 Å². The number of sulfonamides is 1. The summed E-state index contributed by atoms with van der Waals surface area (Å²) in [5.74, 6) is -1.57. The molecule has 3 rings (SSSR count). The number of piperazine rings is 1. The van der Waals surface area contributed by atoms with Gasteiger partial charge in [0, 0.05) is 39.3 Å². The Balaban J connectivity index is 0.000000479. The molecule has 0 aromatic carbocycles. The molecule has 0 radical (unpaired) electrons. The zero-order chi connectivity index (χ0) is 24.8. The van der Waals surface area contributed by atoms with Crippen molar-refractivity contribution in [3.05, 3.63) is 17.8 Å². The zero-order valence-electron chi connectivity index (χ0n) is 18.4. The van der Waals surface area contributed by atoms with Crippen LogP contribution in [0.4, 0.5) is 24.7 Å². The minimum atomic E-state index is -5.08. The summed E-state index contributed by atoms with van der Waals surface area (Å²) in [6.45, 7) is 6.85. The number of carboxylic acids is 1. The predicted molar refractivity (Wildman–Crippen MR) is 116 cm³/mol. The average molecular weight is 496 g/mol. The zero-order valence-corrected chi connectivity index (χ0v) is 19.2. The fourth-order valence-electron chi connectivity index (χ4n) is 3.40. The first-order valence-electron chi connectivity index (χ1n) is 10.3. The summed E-state index contributed by atoms with van der Waals surface area (Å²) in [6.07, 6.45) is -0.537. The minimum absolute atomic E-state index is 0.0740. The van der Waals surface area contributed by atoms with E-state index in [0.717, 1.165) is 58.4 Å². The fraction of sp³-hybridized carbons (Fsp3) is 0.632. The van der Waals surface area contributed by atoms with Crippen molar-refractivity contribution in [2.45, 2.75) is 25.9 Å². The van der Waals surface area contributed by atoms with Gasteiger partial charge in [-0.2, -0.15) is 13.2 Å². The van der Waals surface area contributed by atoms with Crippen molar-refractivity contribution in [1.82, 2.24) is 15.2 Å². The van der Waals surface area contributed by atoms with E-state index in [9.17, 15) is 26.4 Å². The van der Waals surface area contributed by atoms with Gasteiger partial charge in [-0.25, -0.2) is 18.2 Å². The molecule has 1 aromatic rings. The van der Waals surface area contributed by atoms with Crippen LogP contribution in [0.25, 0.3) is 0 Å². The van der Waals surface area contributed by atoms with Crippen LogP contribution >= 0.6 is 0 Å². The molecule has 186 valence electrons. The summed E-state index contributed by atoms with van der Waals surface area (Å²) in [5.41, 5.74) is 0.787. The van der Waals surface area contributed by atoms with Crippen LogP contribution < -0.4 is 14.9 Å². The van der Waals surface area contributed by atoms with Gasteiger partial charge in [0.1, 0.15) is 5.82 Å². The highest BCUT2D eigenvalue weighted by Gasteiger charge is 2.38. The smallest absolute Gasteiger partial charge is 0.475 e. The van der Waals surface area contributed by atoms with Gasteiger partial charge in [0.2, 0.25) is 10.0 Å². The van der Waals surface area contributed by atoms with Gasteiger partial charge in [-0.05, 0) is 24.8 Å². The molecule has 0 bridgehead atoms. The average Bonchev–Trinajstić information content (AvgIpc) is 2.73. The van der Waals surface area contributed by atoms with Crippen molar-refractivity contribution in [1.29, 1.82) is 0 Å². The second kappa shape index (κ2) is 11.0. The number of alkyl halides is 3. The van der Waals surface area contributed by atoms with E-state index < -0.39 is 22.2 Å². The molecule has 2 aliphatic rings.